The van der Waals surface area contributed by atoms with Crippen molar-refractivity contribution in [2.45, 2.75) is 30.7 Å². The van der Waals surface area contributed by atoms with Gasteiger partial charge in [0.15, 0.2) is 0 Å². The van der Waals surface area contributed by atoms with E-state index in [1.54, 1.807) is 18.2 Å². The average Bonchev–Trinajstić information content (AvgIpc) is 3.43. The van der Waals surface area contributed by atoms with Crippen LogP contribution in [0.3, 0.4) is 0 Å². The molecule has 0 heterocycles. The molecule has 0 saturated heterocycles. The van der Waals surface area contributed by atoms with Gasteiger partial charge in [-0.05, 0) is 55.7 Å². The van der Waals surface area contributed by atoms with E-state index in [1.807, 2.05) is 13.0 Å². The summed E-state index contributed by atoms with van der Waals surface area (Å²) < 4.78 is 27.8. The molecule has 0 atom stereocenters. The summed E-state index contributed by atoms with van der Waals surface area (Å²) in [7, 11) is -3.91. The Labute approximate surface area is 168 Å². The van der Waals surface area contributed by atoms with Gasteiger partial charge in [-0.15, -0.1) is 0 Å². The largest absolute Gasteiger partial charge is 0.352 e. The fourth-order valence-corrected chi connectivity index (χ4v) is 3.81. The van der Waals surface area contributed by atoms with Crippen LogP contribution in [0.25, 0.3) is 0 Å². The zero-order valence-electron chi connectivity index (χ0n) is 15.2. The van der Waals surface area contributed by atoms with Crippen LogP contribution in [0.5, 0.6) is 0 Å². The van der Waals surface area contributed by atoms with E-state index >= 15 is 0 Å². The number of aryl methyl sites for hydroxylation is 1. The minimum Gasteiger partial charge on any atom is -0.352 e. The third-order valence-electron chi connectivity index (χ3n) is 4.12. The molecular weight excluding hydrogens is 402 g/mol. The molecule has 3 rings (SSSR count). The zero-order chi connectivity index (χ0) is 20.3. The van der Waals surface area contributed by atoms with E-state index < -0.39 is 15.9 Å². The summed E-state index contributed by atoms with van der Waals surface area (Å²) in [4.78, 5) is 24.0. The highest BCUT2D eigenvalue weighted by atomic mass is 35.5. The van der Waals surface area contributed by atoms with Gasteiger partial charge in [-0.25, -0.2) is 8.42 Å². The van der Waals surface area contributed by atoms with Gasteiger partial charge in [-0.3, -0.25) is 14.3 Å². The van der Waals surface area contributed by atoms with Crippen LogP contribution >= 0.6 is 11.6 Å². The quantitative estimate of drug-likeness (QED) is 0.638. The maximum Gasteiger partial charge on any atom is 0.261 e. The Hall–Kier alpha value is -2.58. The molecule has 0 aliphatic heterocycles. The first-order valence-corrected chi connectivity index (χ1v) is 10.6. The van der Waals surface area contributed by atoms with Crippen molar-refractivity contribution in [2.24, 2.45) is 0 Å². The van der Waals surface area contributed by atoms with Crippen LogP contribution in [0.4, 0.5) is 5.69 Å². The number of amides is 2. The summed E-state index contributed by atoms with van der Waals surface area (Å²) in [5.41, 5.74) is 1.30. The summed E-state index contributed by atoms with van der Waals surface area (Å²) in [6.45, 7) is 1.64. The van der Waals surface area contributed by atoms with E-state index in [-0.39, 0.29) is 34.0 Å². The van der Waals surface area contributed by atoms with Gasteiger partial charge in [-0.2, -0.15) is 0 Å². The number of halogens is 1. The number of sulfonamides is 1. The predicted octanol–water partition coefficient (Wildman–Crippen LogP) is 2.46. The minimum absolute atomic E-state index is 0.0204. The number of nitrogens with one attached hydrogen (secondary N) is 3. The monoisotopic (exact) mass is 421 g/mol. The number of anilines is 1. The summed E-state index contributed by atoms with van der Waals surface area (Å²) >= 11 is 6.06. The first-order valence-electron chi connectivity index (χ1n) is 8.71. The molecular formula is C19H20ClN3O4S. The molecule has 0 aromatic heterocycles. The normalized spacial score (nSPS) is 13.6. The topological polar surface area (TPSA) is 104 Å². The van der Waals surface area contributed by atoms with Crippen LogP contribution in [0.15, 0.2) is 47.4 Å². The Balaban J connectivity index is 1.74. The first-order chi connectivity index (χ1) is 13.2. The summed E-state index contributed by atoms with van der Waals surface area (Å²) in [6, 6.07) is 10.9. The van der Waals surface area contributed by atoms with Crippen molar-refractivity contribution in [3.05, 3.63) is 58.6 Å². The number of carbonyl (C=O) groups is 2. The van der Waals surface area contributed by atoms with Crippen LogP contribution in [0.1, 0.15) is 28.8 Å². The van der Waals surface area contributed by atoms with Gasteiger partial charge in [0.1, 0.15) is 0 Å². The standard InChI is InChI=1S/C19H20ClN3O4S/c1-12-3-2-4-14(9-12)23-28(26,27)15-7-8-17(20)16(10-15)19(25)21-11-18(24)22-13-5-6-13/h2-4,7-10,13,23H,5-6,11H2,1H3,(H,21,25)(H,22,24). The lowest BCUT2D eigenvalue weighted by atomic mass is 10.2. The Morgan fingerprint density at radius 1 is 1.14 bits per heavy atom. The van der Waals surface area contributed by atoms with Crippen molar-refractivity contribution in [3.63, 3.8) is 0 Å². The molecule has 0 radical (unpaired) electrons. The maximum absolute atomic E-state index is 12.6. The van der Waals surface area contributed by atoms with Gasteiger partial charge in [0.25, 0.3) is 15.9 Å². The van der Waals surface area contributed by atoms with E-state index in [9.17, 15) is 18.0 Å². The third-order valence-corrected chi connectivity index (χ3v) is 5.82. The Morgan fingerprint density at radius 2 is 1.89 bits per heavy atom. The highest BCUT2D eigenvalue weighted by Crippen LogP contribution is 2.23. The van der Waals surface area contributed by atoms with Crippen molar-refractivity contribution >= 4 is 39.1 Å². The van der Waals surface area contributed by atoms with Gasteiger partial charge in [0.05, 0.1) is 22.0 Å². The van der Waals surface area contributed by atoms with Crippen molar-refractivity contribution in [2.75, 3.05) is 11.3 Å². The number of hydrogen-bond acceptors (Lipinski definition) is 4. The van der Waals surface area contributed by atoms with Crippen LogP contribution in [-0.2, 0) is 14.8 Å². The van der Waals surface area contributed by atoms with Gasteiger partial charge in [0, 0.05) is 11.7 Å². The second-order valence-electron chi connectivity index (χ2n) is 6.64. The van der Waals surface area contributed by atoms with Crippen LogP contribution in [0.2, 0.25) is 5.02 Å². The second-order valence-corrected chi connectivity index (χ2v) is 8.73. The zero-order valence-corrected chi connectivity index (χ0v) is 16.7. The van der Waals surface area contributed by atoms with E-state index in [0.29, 0.717) is 5.69 Å². The SMILES string of the molecule is Cc1cccc(NS(=O)(=O)c2ccc(Cl)c(C(=O)NCC(=O)NC3CC3)c2)c1. The van der Waals surface area contributed by atoms with Crippen molar-refractivity contribution in [1.29, 1.82) is 0 Å². The van der Waals surface area contributed by atoms with E-state index in [2.05, 4.69) is 15.4 Å². The smallest absolute Gasteiger partial charge is 0.261 e. The molecule has 9 heteroatoms. The van der Waals surface area contributed by atoms with E-state index in [0.717, 1.165) is 18.4 Å². The van der Waals surface area contributed by atoms with Crippen molar-refractivity contribution in [3.8, 4) is 0 Å². The summed E-state index contributed by atoms with van der Waals surface area (Å²) in [5, 5.41) is 5.30. The lowest BCUT2D eigenvalue weighted by Gasteiger charge is -2.11. The molecule has 0 unspecified atom stereocenters. The number of rotatable bonds is 7. The number of carbonyl (C=O) groups excluding carboxylic acids is 2. The number of hydrogen-bond donors (Lipinski definition) is 3. The third kappa shape index (κ3) is 5.24. The maximum atomic E-state index is 12.6. The summed E-state index contributed by atoms with van der Waals surface area (Å²) in [5.74, 6) is -0.916. The second kappa shape index (κ2) is 8.20. The molecule has 2 amide bonds. The Kier molecular flexibility index (Phi) is 5.90. The predicted molar refractivity (Wildman–Crippen MR) is 107 cm³/mol. The molecule has 1 aliphatic carbocycles. The minimum atomic E-state index is -3.91. The molecule has 148 valence electrons. The molecule has 2 aromatic rings. The lowest BCUT2D eigenvalue weighted by molar-refractivity contribution is -0.120. The summed E-state index contributed by atoms with van der Waals surface area (Å²) in [6.07, 6.45) is 1.89. The molecule has 1 fully saturated rings. The van der Waals surface area contributed by atoms with Crippen LogP contribution in [-0.4, -0.2) is 32.8 Å². The number of benzene rings is 2. The molecule has 2 aromatic carbocycles. The molecule has 1 aliphatic rings. The van der Waals surface area contributed by atoms with Crippen molar-refractivity contribution in [1.82, 2.24) is 10.6 Å². The molecule has 0 spiro atoms. The molecule has 7 nitrogen and oxygen atoms in total. The Bertz CT molecular complexity index is 1020. The van der Waals surface area contributed by atoms with E-state index in [4.69, 9.17) is 11.6 Å². The fourth-order valence-electron chi connectivity index (χ4n) is 2.53. The highest BCUT2D eigenvalue weighted by Gasteiger charge is 2.24. The van der Waals surface area contributed by atoms with Gasteiger partial charge < -0.3 is 10.6 Å². The molecule has 3 N–H and O–H groups in total. The van der Waals surface area contributed by atoms with Gasteiger partial charge >= 0.3 is 0 Å². The van der Waals surface area contributed by atoms with Crippen molar-refractivity contribution < 1.29 is 18.0 Å². The Morgan fingerprint density at radius 3 is 2.57 bits per heavy atom. The molecule has 1 saturated carbocycles. The van der Waals surface area contributed by atoms with Gasteiger partial charge in [-0.1, -0.05) is 23.7 Å². The van der Waals surface area contributed by atoms with E-state index in [1.165, 1.54) is 18.2 Å². The first kappa shape index (κ1) is 20.2. The average molecular weight is 422 g/mol. The lowest BCUT2D eigenvalue weighted by Crippen LogP contribution is -2.38. The van der Waals surface area contributed by atoms with Crippen LogP contribution in [0, 0.1) is 6.92 Å². The van der Waals surface area contributed by atoms with Crippen LogP contribution < -0.4 is 15.4 Å². The highest BCUT2D eigenvalue weighted by molar-refractivity contribution is 7.92. The van der Waals surface area contributed by atoms with Gasteiger partial charge in [0.2, 0.25) is 5.91 Å². The molecule has 28 heavy (non-hydrogen) atoms. The molecule has 0 bridgehead atoms. The fraction of sp³-hybridized carbons (Fsp3) is 0.263.